The Balaban J connectivity index is 2.17. The van der Waals surface area contributed by atoms with Crippen molar-refractivity contribution in [2.24, 2.45) is 0 Å². The fraction of sp³-hybridized carbons (Fsp3) is 0. The summed E-state index contributed by atoms with van der Waals surface area (Å²) in [5.41, 5.74) is 7.96. The van der Waals surface area contributed by atoms with E-state index in [-0.39, 0.29) is 0 Å². The fourth-order valence-corrected chi connectivity index (χ4v) is 1.88. The Hall–Kier alpha value is -2.42. The molecule has 0 aliphatic heterocycles. The number of aromatic nitrogens is 2. The van der Waals surface area contributed by atoms with E-state index in [0.29, 0.717) is 5.82 Å². The largest absolute Gasteiger partial charge is 0.384 e. The van der Waals surface area contributed by atoms with Crippen LogP contribution in [0.2, 0.25) is 0 Å². The first-order valence-electron chi connectivity index (χ1n) is 5.38. The SMILES string of the molecule is Nc1cc2ccc(-c3ccncc3)cc2cn1. The van der Waals surface area contributed by atoms with E-state index in [1.807, 2.05) is 18.2 Å². The minimum atomic E-state index is 0.550. The van der Waals surface area contributed by atoms with Crippen LogP contribution in [-0.4, -0.2) is 9.97 Å². The molecule has 0 saturated carbocycles. The van der Waals surface area contributed by atoms with Gasteiger partial charge in [-0.2, -0.15) is 0 Å². The number of fused-ring (bicyclic) bond motifs is 1. The maximum absolute atomic E-state index is 5.65. The Morgan fingerprint density at radius 2 is 1.65 bits per heavy atom. The van der Waals surface area contributed by atoms with Crippen molar-refractivity contribution in [2.45, 2.75) is 0 Å². The first-order valence-corrected chi connectivity index (χ1v) is 5.38. The summed E-state index contributed by atoms with van der Waals surface area (Å²) in [5, 5.41) is 2.20. The number of anilines is 1. The molecule has 3 heteroatoms. The number of benzene rings is 1. The van der Waals surface area contributed by atoms with Crippen molar-refractivity contribution in [2.75, 3.05) is 5.73 Å². The van der Waals surface area contributed by atoms with Crippen LogP contribution in [0.1, 0.15) is 0 Å². The van der Waals surface area contributed by atoms with Crippen LogP contribution in [0.15, 0.2) is 55.0 Å². The maximum Gasteiger partial charge on any atom is 0.123 e. The van der Waals surface area contributed by atoms with E-state index in [2.05, 4.69) is 28.2 Å². The molecule has 0 radical (unpaired) electrons. The summed E-state index contributed by atoms with van der Waals surface area (Å²) < 4.78 is 0. The molecule has 0 saturated heterocycles. The van der Waals surface area contributed by atoms with E-state index in [4.69, 9.17) is 5.73 Å². The van der Waals surface area contributed by atoms with Gasteiger partial charge in [-0.15, -0.1) is 0 Å². The van der Waals surface area contributed by atoms with E-state index >= 15 is 0 Å². The molecule has 0 aliphatic rings. The number of hydrogen-bond acceptors (Lipinski definition) is 3. The third kappa shape index (κ3) is 1.83. The Labute approximate surface area is 98.9 Å². The van der Waals surface area contributed by atoms with E-state index in [1.165, 1.54) is 0 Å². The fourth-order valence-electron chi connectivity index (χ4n) is 1.88. The third-order valence-electron chi connectivity index (χ3n) is 2.76. The molecule has 0 aliphatic carbocycles. The van der Waals surface area contributed by atoms with Crippen molar-refractivity contribution in [3.8, 4) is 11.1 Å². The molecular weight excluding hydrogens is 210 g/mol. The monoisotopic (exact) mass is 221 g/mol. The second kappa shape index (κ2) is 3.87. The van der Waals surface area contributed by atoms with Gasteiger partial charge in [0.2, 0.25) is 0 Å². The number of nitrogens with two attached hydrogens (primary N) is 1. The van der Waals surface area contributed by atoms with Crippen molar-refractivity contribution in [1.82, 2.24) is 9.97 Å². The minimum Gasteiger partial charge on any atom is -0.384 e. The quantitative estimate of drug-likeness (QED) is 0.687. The van der Waals surface area contributed by atoms with E-state index in [1.54, 1.807) is 18.6 Å². The summed E-state index contributed by atoms with van der Waals surface area (Å²) in [6, 6.07) is 12.1. The van der Waals surface area contributed by atoms with Gasteiger partial charge in [0, 0.05) is 24.0 Å². The zero-order valence-corrected chi connectivity index (χ0v) is 9.17. The Kier molecular flexibility index (Phi) is 2.22. The van der Waals surface area contributed by atoms with Crippen LogP contribution in [0.25, 0.3) is 21.9 Å². The van der Waals surface area contributed by atoms with Crippen LogP contribution in [0.4, 0.5) is 5.82 Å². The Morgan fingerprint density at radius 1 is 0.824 bits per heavy atom. The van der Waals surface area contributed by atoms with Gasteiger partial charge in [0.15, 0.2) is 0 Å². The van der Waals surface area contributed by atoms with Crippen LogP contribution < -0.4 is 5.73 Å². The molecule has 2 aromatic heterocycles. The zero-order valence-electron chi connectivity index (χ0n) is 9.17. The van der Waals surface area contributed by atoms with Gasteiger partial charge < -0.3 is 5.73 Å². The number of hydrogen-bond donors (Lipinski definition) is 1. The summed E-state index contributed by atoms with van der Waals surface area (Å²) >= 11 is 0. The van der Waals surface area contributed by atoms with Gasteiger partial charge in [-0.25, -0.2) is 4.98 Å². The molecule has 82 valence electrons. The van der Waals surface area contributed by atoms with Gasteiger partial charge in [0.1, 0.15) is 5.82 Å². The molecule has 2 heterocycles. The first-order chi connectivity index (χ1) is 8.33. The summed E-state index contributed by atoms with van der Waals surface area (Å²) in [6.07, 6.45) is 5.39. The van der Waals surface area contributed by atoms with Crippen LogP contribution in [-0.2, 0) is 0 Å². The second-order valence-electron chi connectivity index (χ2n) is 3.91. The predicted molar refractivity (Wildman–Crippen MR) is 69.4 cm³/mol. The average Bonchev–Trinajstić information content (AvgIpc) is 2.39. The van der Waals surface area contributed by atoms with Crippen LogP contribution in [0, 0.1) is 0 Å². The minimum absolute atomic E-state index is 0.550. The normalized spacial score (nSPS) is 10.6. The molecule has 0 unspecified atom stereocenters. The number of nitrogen functional groups attached to an aromatic ring is 1. The molecule has 1 aromatic carbocycles. The summed E-state index contributed by atoms with van der Waals surface area (Å²) in [5.74, 6) is 0.550. The molecular formula is C14H11N3. The maximum atomic E-state index is 5.65. The highest BCUT2D eigenvalue weighted by Gasteiger charge is 2.00. The first kappa shape index (κ1) is 9.78. The highest BCUT2D eigenvalue weighted by Crippen LogP contribution is 2.24. The third-order valence-corrected chi connectivity index (χ3v) is 2.76. The Morgan fingerprint density at radius 3 is 2.47 bits per heavy atom. The van der Waals surface area contributed by atoms with Gasteiger partial charge in [-0.3, -0.25) is 4.98 Å². The topological polar surface area (TPSA) is 51.8 Å². The molecule has 2 N–H and O–H groups in total. The lowest BCUT2D eigenvalue weighted by atomic mass is 10.0. The molecule has 3 rings (SSSR count). The molecule has 0 amide bonds. The molecule has 0 bridgehead atoms. The van der Waals surface area contributed by atoms with Crippen molar-refractivity contribution in [3.05, 3.63) is 55.0 Å². The van der Waals surface area contributed by atoms with Gasteiger partial charge in [0.25, 0.3) is 0 Å². The van der Waals surface area contributed by atoms with Gasteiger partial charge in [-0.1, -0.05) is 12.1 Å². The van der Waals surface area contributed by atoms with Crippen LogP contribution in [0.5, 0.6) is 0 Å². The van der Waals surface area contributed by atoms with E-state index in [9.17, 15) is 0 Å². The van der Waals surface area contributed by atoms with Gasteiger partial charge >= 0.3 is 0 Å². The van der Waals surface area contributed by atoms with Crippen molar-refractivity contribution in [3.63, 3.8) is 0 Å². The molecule has 0 fully saturated rings. The molecule has 0 spiro atoms. The van der Waals surface area contributed by atoms with Crippen LogP contribution in [0.3, 0.4) is 0 Å². The van der Waals surface area contributed by atoms with E-state index in [0.717, 1.165) is 21.9 Å². The summed E-state index contributed by atoms with van der Waals surface area (Å²) in [7, 11) is 0. The standard InChI is InChI=1S/C14H11N3/c15-14-8-12-2-1-11(7-13(12)9-17-14)10-3-5-16-6-4-10/h1-9H,(H2,15,17). The van der Waals surface area contributed by atoms with E-state index < -0.39 is 0 Å². The van der Waals surface area contributed by atoms with Crippen LogP contribution >= 0.6 is 0 Å². The Bertz CT molecular complexity index is 663. The summed E-state index contributed by atoms with van der Waals surface area (Å²) in [6.45, 7) is 0. The molecule has 0 atom stereocenters. The molecule has 3 nitrogen and oxygen atoms in total. The van der Waals surface area contributed by atoms with Crippen molar-refractivity contribution in [1.29, 1.82) is 0 Å². The summed E-state index contributed by atoms with van der Waals surface area (Å²) in [4.78, 5) is 8.12. The smallest absolute Gasteiger partial charge is 0.123 e. The number of pyridine rings is 2. The second-order valence-corrected chi connectivity index (χ2v) is 3.91. The lowest BCUT2D eigenvalue weighted by Gasteiger charge is -2.04. The highest BCUT2D eigenvalue weighted by molar-refractivity contribution is 5.88. The predicted octanol–water partition coefficient (Wildman–Crippen LogP) is 2.88. The lowest BCUT2D eigenvalue weighted by molar-refractivity contribution is 1.33. The van der Waals surface area contributed by atoms with Gasteiger partial charge in [-0.05, 0) is 40.8 Å². The number of nitrogens with zero attached hydrogens (tertiary/aromatic N) is 2. The van der Waals surface area contributed by atoms with Crippen molar-refractivity contribution >= 4 is 16.6 Å². The average molecular weight is 221 g/mol. The highest BCUT2D eigenvalue weighted by atomic mass is 14.8. The molecule has 3 aromatic rings. The van der Waals surface area contributed by atoms with Crippen molar-refractivity contribution < 1.29 is 0 Å². The lowest BCUT2D eigenvalue weighted by Crippen LogP contribution is -1.88. The number of rotatable bonds is 1. The molecule has 17 heavy (non-hydrogen) atoms. The van der Waals surface area contributed by atoms with Gasteiger partial charge in [0.05, 0.1) is 0 Å². The zero-order chi connectivity index (χ0) is 11.7.